The number of rotatable bonds is 5. The van der Waals surface area contributed by atoms with Gasteiger partial charge in [0, 0.05) is 19.0 Å². The van der Waals surface area contributed by atoms with E-state index in [9.17, 15) is 14.4 Å². The number of aliphatic carboxylic acids is 1. The first-order chi connectivity index (χ1) is 8.36. The summed E-state index contributed by atoms with van der Waals surface area (Å²) in [4.78, 5) is 35.6. The van der Waals surface area contributed by atoms with Gasteiger partial charge in [0.2, 0.25) is 11.8 Å². The van der Waals surface area contributed by atoms with Gasteiger partial charge in [0.1, 0.15) is 6.04 Å². The van der Waals surface area contributed by atoms with Crippen LogP contribution in [0.25, 0.3) is 0 Å². The lowest BCUT2D eigenvalue weighted by molar-refractivity contribution is -0.143. The Kier molecular flexibility index (Phi) is 4.66. The van der Waals surface area contributed by atoms with Gasteiger partial charge >= 0.3 is 5.97 Å². The maximum atomic E-state index is 11.8. The first-order valence-corrected chi connectivity index (χ1v) is 5.80. The molecule has 1 heterocycles. The van der Waals surface area contributed by atoms with Crippen molar-refractivity contribution in [2.75, 3.05) is 13.2 Å². The number of carbonyl (C=O) groups excluding carboxylic acids is 2. The van der Waals surface area contributed by atoms with Crippen LogP contribution in [-0.4, -0.2) is 58.1 Å². The van der Waals surface area contributed by atoms with Crippen LogP contribution < -0.4 is 5.32 Å². The van der Waals surface area contributed by atoms with Gasteiger partial charge in [-0.15, -0.1) is 0 Å². The van der Waals surface area contributed by atoms with Crippen molar-refractivity contribution < 1.29 is 24.6 Å². The van der Waals surface area contributed by atoms with E-state index in [1.54, 1.807) is 4.90 Å². The van der Waals surface area contributed by atoms with Crippen LogP contribution in [0.5, 0.6) is 0 Å². The highest BCUT2D eigenvalue weighted by Crippen LogP contribution is 2.20. The van der Waals surface area contributed by atoms with E-state index in [2.05, 4.69) is 5.32 Å². The number of aliphatic hydroxyl groups is 1. The number of aliphatic hydroxyl groups excluding tert-OH is 1. The maximum absolute atomic E-state index is 11.8. The molecule has 18 heavy (non-hydrogen) atoms. The topological polar surface area (TPSA) is 107 Å². The maximum Gasteiger partial charge on any atom is 0.328 e. The second-order valence-electron chi connectivity index (χ2n) is 4.62. The number of hydrogen-bond donors (Lipinski definition) is 3. The van der Waals surface area contributed by atoms with Crippen LogP contribution in [0.15, 0.2) is 0 Å². The van der Waals surface area contributed by atoms with Gasteiger partial charge in [-0.2, -0.15) is 0 Å². The summed E-state index contributed by atoms with van der Waals surface area (Å²) in [5.41, 5.74) is 0. The Morgan fingerprint density at radius 3 is 2.50 bits per heavy atom. The Morgan fingerprint density at radius 2 is 2.11 bits per heavy atom. The summed E-state index contributed by atoms with van der Waals surface area (Å²) in [6.07, 6.45) is 0.0851. The van der Waals surface area contributed by atoms with Gasteiger partial charge in [-0.05, 0) is 13.8 Å². The lowest BCUT2D eigenvalue weighted by atomic mass is 10.1. The smallest absolute Gasteiger partial charge is 0.328 e. The average molecular weight is 258 g/mol. The standard InChI is InChI=1S/C11H18N2O5/c1-6(2)13-4-7(3-9(13)15)10(16)12-8(5-14)11(17)18/h6-8,14H,3-5H2,1-2H3,(H,12,16)(H,17,18)/t7?,8-/m0/s1. The minimum atomic E-state index is -1.32. The van der Waals surface area contributed by atoms with Crippen LogP contribution in [-0.2, 0) is 14.4 Å². The molecule has 0 aliphatic carbocycles. The third kappa shape index (κ3) is 3.19. The average Bonchev–Trinajstić information content (AvgIpc) is 2.67. The molecule has 2 atom stereocenters. The van der Waals surface area contributed by atoms with Crippen LogP contribution in [0.1, 0.15) is 20.3 Å². The third-order valence-corrected chi connectivity index (χ3v) is 2.95. The van der Waals surface area contributed by atoms with Gasteiger partial charge in [-0.1, -0.05) is 0 Å². The molecule has 1 aliphatic heterocycles. The molecule has 7 nitrogen and oxygen atoms in total. The van der Waals surface area contributed by atoms with Crippen molar-refractivity contribution >= 4 is 17.8 Å². The van der Waals surface area contributed by atoms with Gasteiger partial charge < -0.3 is 20.4 Å². The zero-order chi connectivity index (χ0) is 13.9. The van der Waals surface area contributed by atoms with Crippen molar-refractivity contribution in [3.63, 3.8) is 0 Å². The number of carboxylic acids is 1. The van der Waals surface area contributed by atoms with E-state index >= 15 is 0 Å². The highest BCUT2D eigenvalue weighted by molar-refractivity contribution is 5.91. The van der Waals surface area contributed by atoms with E-state index in [1.165, 1.54) is 0 Å². The third-order valence-electron chi connectivity index (χ3n) is 2.95. The highest BCUT2D eigenvalue weighted by Gasteiger charge is 2.36. The van der Waals surface area contributed by atoms with Crippen LogP contribution in [0.2, 0.25) is 0 Å². The molecule has 1 unspecified atom stereocenters. The minimum Gasteiger partial charge on any atom is -0.480 e. The fourth-order valence-corrected chi connectivity index (χ4v) is 1.88. The molecule has 0 bridgehead atoms. The van der Waals surface area contributed by atoms with Gasteiger partial charge in [0.25, 0.3) is 0 Å². The number of carboxylic acid groups (broad SMARTS) is 1. The molecule has 0 spiro atoms. The Morgan fingerprint density at radius 1 is 1.50 bits per heavy atom. The number of amides is 2. The largest absolute Gasteiger partial charge is 0.480 e. The molecule has 1 aliphatic rings. The van der Waals surface area contributed by atoms with Crippen LogP contribution in [0.4, 0.5) is 0 Å². The summed E-state index contributed by atoms with van der Waals surface area (Å²) in [7, 11) is 0. The fourth-order valence-electron chi connectivity index (χ4n) is 1.88. The molecular weight excluding hydrogens is 240 g/mol. The molecular formula is C11H18N2O5. The van der Waals surface area contributed by atoms with E-state index in [0.29, 0.717) is 6.54 Å². The summed E-state index contributed by atoms with van der Waals surface area (Å²) in [6, 6.07) is -1.30. The summed E-state index contributed by atoms with van der Waals surface area (Å²) in [5, 5.41) is 19.7. The quantitative estimate of drug-likeness (QED) is 0.574. The van der Waals surface area contributed by atoms with Gasteiger partial charge in [0.05, 0.1) is 12.5 Å². The van der Waals surface area contributed by atoms with Crippen molar-refractivity contribution in [1.82, 2.24) is 10.2 Å². The molecule has 102 valence electrons. The van der Waals surface area contributed by atoms with E-state index in [4.69, 9.17) is 10.2 Å². The zero-order valence-corrected chi connectivity index (χ0v) is 10.4. The van der Waals surface area contributed by atoms with Crippen LogP contribution in [0.3, 0.4) is 0 Å². The summed E-state index contributed by atoms with van der Waals surface area (Å²) in [6.45, 7) is 3.33. The molecule has 0 radical (unpaired) electrons. The van der Waals surface area contributed by atoms with Crippen molar-refractivity contribution in [3.8, 4) is 0 Å². The van der Waals surface area contributed by atoms with Crippen LogP contribution >= 0.6 is 0 Å². The number of nitrogens with one attached hydrogen (secondary N) is 1. The number of nitrogens with zero attached hydrogens (tertiary/aromatic N) is 1. The molecule has 1 fully saturated rings. The minimum absolute atomic E-state index is 0.0170. The lowest BCUT2D eigenvalue weighted by Crippen LogP contribution is -2.46. The van der Waals surface area contributed by atoms with Crippen molar-refractivity contribution in [2.45, 2.75) is 32.4 Å². The first kappa shape index (κ1) is 14.4. The van der Waals surface area contributed by atoms with Crippen molar-refractivity contribution in [3.05, 3.63) is 0 Å². The highest BCUT2D eigenvalue weighted by atomic mass is 16.4. The van der Waals surface area contributed by atoms with E-state index in [0.717, 1.165) is 0 Å². The molecule has 1 rings (SSSR count). The normalized spacial score (nSPS) is 21.2. The summed E-state index contributed by atoms with van der Waals surface area (Å²) >= 11 is 0. The molecule has 0 aromatic heterocycles. The number of carbonyl (C=O) groups is 3. The zero-order valence-electron chi connectivity index (χ0n) is 10.4. The molecule has 0 aromatic carbocycles. The van der Waals surface area contributed by atoms with E-state index in [-0.39, 0.29) is 18.4 Å². The predicted molar refractivity (Wildman–Crippen MR) is 61.6 cm³/mol. The van der Waals surface area contributed by atoms with Crippen molar-refractivity contribution in [1.29, 1.82) is 0 Å². The van der Waals surface area contributed by atoms with Crippen LogP contribution in [0, 0.1) is 5.92 Å². The van der Waals surface area contributed by atoms with E-state index in [1.807, 2.05) is 13.8 Å². The molecule has 0 aromatic rings. The monoisotopic (exact) mass is 258 g/mol. The summed E-state index contributed by atoms with van der Waals surface area (Å²) < 4.78 is 0. The fraction of sp³-hybridized carbons (Fsp3) is 0.727. The molecule has 1 saturated heterocycles. The van der Waals surface area contributed by atoms with Gasteiger partial charge in [0.15, 0.2) is 0 Å². The van der Waals surface area contributed by atoms with E-state index < -0.39 is 30.4 Å². The second-order valence-corrected chi connectivity index (χ2v) is 4.62. The van der Waals surface area contributed by atoms with Crippen molar-refractivity contribution in [2.24, 2.45) is 5.92 Å². The molecule has 2 amide bonds. The second kappa shape index (κ2) is 5.81. The summed E-state index contributed by atoms with van der Waals surface area (Å²) in [5.74, 6) is -2.46. The van der Waals surface area contributed by atoms with Gasteiger partial charge in [-0.25, -0.2) is 4.79 Å². The van der Waals surface area contributed by atoms with Gasteiger partial charge in [-0.3, -0.25) is 9.59 Å². The lowest BCUT2D eigenvalue weighted by Gasteiger charge is -2.21. The molecule has 7 heteroatoms. The Balaban J connectivity index is 2.59. The Labute approximate surface area is 105 Å². The molecule has 3 N–H and O–H groups in total. The Hall–Kier alpha value is -1.63. The number of likely N-dealkylation sites (tertiary alicyclic amines) is 1. The Bertz CT molecular complexity index is 355. The number of hydrogen-bond acceptors (Lipinski definition) is 4. The predicted octanol–water partition coefficient (Wildman–Crippen LogP) is -1.19. The molecule has 0 saturated carbocycles. The SMILES string of the molecule is CC(C)N1CC(C(=O)N[C@@H](CO)C(=O)O)CC1=O. The first-order valence-electron chi connectivity index (χ1n) is 5.80.